The van der Waals surface area contributed by atoms with Gasteiger partial charge in [0, 0.05) is 17.9 Å². The second kappa shape index (κ2) is 9.81. The van der Waals surface area contributed by atoms with E-state index in [0.29, 0.717) is 29.7 Å². The molecule has 1 unspecified atom stereocenters. The molecule has 0 aliphatic carbocycles. The number of hydrogen-bond donors (Lipinski definition) is 0. The number of carbonyl (C=O) groups excluding carboxylic acids is 2. The largest absolute Gasteiger partial charge is 0.465 e. The van der Waals surface area contributed by atoms with Gasteiger partial charge in [-0.25, -0.2) is 0 Å². The maximum Gasteiger partial charge on any atom is 0.311 e. The zero-order valence-corrected chi connectivity index (χ0v) is 16.6. The van der Waals surface area contributed by atoms with Crippen molar-refractivity contribution in [1.82, 2.24) is 0 Å². The van der Waals surface area contributed by atoms with Gasteiger partial charge >= 0.3 is 11.9 Å². The van der Waals surface area contributed by atoms with Gasteiger partial charge in [0.25, 0.3) is 0 Å². The second-order valence-electron chi connectivity index (χ2n) is 7.79. The van der Waals surface area contributed by atoms with E-state index in [1.54, 1.807) is 18.2 Å². The minimum Gasteiger partial charge on any atom is -0.465 e. The molecule has 1 rings (SSSR count). The molecule has 25 heavy (non-hydrogen) atoms. The molecule has 0 aromatic heterocycles. The van der Waals surface area contributed by atoms with Crippen LogP contribution in [0.15, 0.2) is 18.2 Å². The van der Waals surface area contributed by atoms with E-state index in [2.05, 4.69) is 27.7 Å². The van der Waals surface area contributed by atoms with Crippen LogP contribution in [-0.4, -0.2) is 18.5 Å². The van der Waals surface area contributed by atoms with Crippen LogP contribution >= 0.6 is 11.6 Å². The fraction of sp³-hybridized carbons (Fsp3) is 0.600. The van der Waals surface area contributed by atoms with E-state index in [-0.39, 0.29) is 30.2 Å². The minimum atomic E-state index is -0.365. The van der Waals surface area contributed by atoms with Gasteiger partial charge in [-0.15, -0.1) is 0 Å². The van der Waals surface area contributed by atoms with Crippen LogP contribution in [0.3, 0.4) is 0 Å². The van der Waals surface area contributed by atoms with E-state index in [1.807, 2.05) is 6.92 Å². The Balaban J connectivity index is 2.24. The average Bonchev–Trinajstić information content (AvgIpc) is 2.47. The number of carbonyl (C=O) groups is 2. The summed E-state index contributed by atoms with van der Waals surface area (Å²) in [7, 11) is 0. The molecular formula is C20H29ClO4. The number of aryl methyl sites for hydroxylation is 1. The molecule has 0 radical (unpaired) electrons. The minimum absolute atomic E-state index is 0.175. The Labute approximate surface area is 155 Å². The zero-order chi connectivity index (χ0) is 19.0. The Morgan fingerprint density at radius 3 is 2.40 bits per heavy atom. The van der Waals surface area contributed by atoms with Crippen molar-refractivity contribution < 1.29 is 19.1 Å². The Morgan fingerprint density at radius 2 is 1.80 bits per heavy atom. The third kappa shape index (κ3) is 9.49. The highest BCUT2D eigenvalue weighted by Gasteiger charge is 2.17. The van der Waals surface area contributed by atoms with Crippen LogP contribution in [0.25, 0.3) is 0 Å². The number of rotatable bonds is 8. The summed E-state index contributed by atoms with van der Waals surface area (Å²) in [5, 5.41) is 0.628. The quantitative estimate of drug-likeness (QED) is 0.459. The maximum absolute atomic E-state index is 11.8. The van der Waals surface area contributed by atoms with Crippen LogP contribution in [0.5, 0.6) is 5.75 Å². The van der Waals surface area contributed by atoms with Crippen molar-refractivity contribution in [3.8, 4) is 5.75 Å². The molecule has 140 valence electrons. The lowest BCUT2D eigenvalue weighted by Crippen LogP contribution is -2.18. The zero-order valence-electron chi connectivity index (χ0n) is 15.9. The van der Waals surface area contributed by atoms with Gasteiger partial charge in [0.05, 0.1) is 6.61 Å². The SMILES string of the molecule is Cc1cc(OC(=O)CCCC(=O)OCC(C)CC(C)(C)C)ccc1Cl. The van der Waals surface area contributed by atoms with Crippen LogP contribution in [-0.2, 0) is 14.3 Å². The summed E-state index contributed by atoms with van der Waals surface area (Å²) in [4.78, 5) is 23.6. The molecule has 0 aliphatic rings. The van der Waals surface area contributed by atoms with Gasteiger partial charge < -0.3 is 9.47 Å². The molecule has 0 aliphatic heterocycles. The Hall–Kier alpha value is -1.55. The first-order valence-corrected chi connectivity index (χ1v) is 9.07. The molecule has 1 aromatic rings. The predicted molar refractivity (Wildman–Crippen MR) is 99.9 cm³/mol. The molecule has 0 bridgehead atoms. The first-order chi connectivity index (χ1) is 11.6. The number of benzene rings is 1. The lowest BCUT2D eigenvalue weighted by atomic mass is 9.86. The van der Waals surface area contributed by atoms with Gasteiger partial charge in [-0.3, -0.25) is 9.59 Å². The Bertz CT molecular complexity index is 590. The number of esters is 2. The highest BCUT2D eigenvalue weighted by Crippen LogP contribution is 2.24. The van der Waals surface area contributed by atoms with Crippen LogP contribution in [0.1, 0.15) is 58.9 Å². The van der Waals surface area contributed by atoms with Crippen molar-refractivity contribution >= 4 is 23.5 Å². The standard InChI is InChI=1S/C20H29ClO4/c1-14(12-20(3,4)5)13-24-18(22)7-6-8-19(23)25-16-9-10-17(21)15(2)11-16/h9-11,14H,6-8,12-13H2,1-5H3. The van der Waals surface area contributed by atoms with Crippen molar-refractivity contribution in [3.05, 3.63) is 28.8 Å². The van der Waals surface area contributed by atoms with Crippen molar-refractivity contribution in [3.63, 3.8) is 0 Å². The van der Waals surface area contributed by atoms with Crippen molar-refractivity contribution in [2.24, 2.45) is 11.3 Å². The van der Waals surface area contributed by atoms with Gasteiger partial charge in [0.15, 0.2) is 0 Å². The van der Waals surface area contributed by atoms with Crippen LogP contribution in [0.2, 0.25) is 5.02 Å². The third-order valence-corrected chi connectivity index (χ3v) is 4.04. The number of hydrogen-bond acceptors (Lipinski definition) is 4. The topological polar surface area (TPSA) is 52.6 Å². The van der Waals surface area contributed by atoms with Gasteiger partial charge in [0.2, 0.25) is 0 Å². The number of halogens is 1. The van der Waals surface area contributed by atoms with Crippen molar-refractivity contribution in [2.75, 3.05) is 6.61 Å². The molecule has 1 aromatic carbocycles. The van der Waals surface area contributed by atoms with Gasteiger partial charge in [0.1, 0.15) is 5.75 Å². The third-order valence-electron chi connectivity index (χ3n) is 3.61. The first kappa shape index (κ1) is 21.5. The second-order valence-corrected chi connectivity index (χ2v) is 8.20. The molecule has 0 amide bonds. The average molecular weight is 369 g/mol. The molecule has 4 nitrogen and oxygen atoms in total. The summed E-state index contributed by atoms with van der Waals surface area (Å²) in [6.45, 7) is 10.8. The highest BCUT2D eigenvalue weighted by atomic mass is 35.5. The molecule has 0 saturated heterocycles. The summed E-state index contributed by atoms with van der Waals surface area (Å²) in [6.07, 6.45) is 1.80. The fourth-order valence-corrected chi connectivity index (χ4v) is 2.77. The van der Waals surface area contributed by atoms with E-state index in [1.165, 1.54) is 0 Å². The van der Waals surface area contributed by atoms with Crippen LogP contribution in [0.4, 0.5) is 0 Å². The molecular weight excluding hydrogens is 340 g/mol. The smallest absolute Gasteiger partial charge is 0.311 e. The summed E-state index contributed by atoms with van der Waals surface area (Å²) < 4.78 is 10.5. The molecule has 0 heterocycles. The lowest BCUT2D eigenvalue weighted by molar-refractivity contribution is -0.145. The molecule has 0 N–H and O–H groups in total. The Kier molecular flexibility index (Phi) is 8.43. The summed E-state index contributed by atoms with van der Waals surface area (Å²) in [5.41, 5.74) is 1.07. The van der Waals surface area contributed by atoms with E-state index in [9.17, 15) is 9.59 Å². The summed E-state index contributed by atoms with van der Waals surface area (Å²) in [5.74, 6) is 0.152. The number of ether oxygens (including phenoxy) is 2. The predicted octanol–water partition coefficient (Wildman–Crippen LogP) is 5.34. The lowest BCUT2D eigenvalue weighted by Gasteiger charge is -2.22. The van der Waals surface area contributed by atoms with E-state index in [4.69, 9.17) is 21.1 Å². The van der Waals surface area contributed by atoms with Crippen molar-refractivity contribution in [2.45, 2.75) is 60.3 Å². The van der Waals surface area contributed by atoms with E-state index >= 15 is 0 Å². The van der Waals surface area contributed by atoms with Crippen molar-refractivity contribution in [1.29, 1.82) is 0 Å². The molecule has 0 fully saturated rings. The normalized spacial score (nSPS) is 12.6. The summed E-state index contributed by atoms with van der Waals surface area (Å²) in [6, 6.07) is 5.05. The van der Waals surface area contributed by atoms with E-state index < -0.39 is 0 Å². The van der Waals surface area contributed by atoms with Gasteiger partial charge in [-0.05, 0) is 54.9 Å². The van der Waals surface area contributed by atoms with Gasteiger partial charge in [-0.2, -0.15) is 0 Å². The first-order valence-electron chi connectivity index (χ1n) is 8.69. The molecule has 0 spiro atoms. The van der Waals surface area contributed by atoms with E-state index in [0.717, 1.165) is 12.0 Å². The Morgan fingerprint density at radius 1 is 1.16 bits per heavy atom. The molecule has 1 atom stereocenters. The highest BCUT2D eigenvalue weighted by molar-refractivity contribution is 6.31. The van der Waals surface area contributed by atoms with Gasteiger partial charge in [-0.1, -0.05) is 39.3 Å². The fourth-order valence-electron chi connectivity index (χ4n) is 2.65. The van der Waals surface area contributed by atoms with Crippen LogP contribution < -0.4 is 4.74 Å². The van der Waals surface area contributed by atoms with Crippen LogP contribution in [0, 0.1) is 18.3 Å². The molecule has 0 saturated carbocycles. The monoisotopic (exact) mass is 368 g/mol. The maximum atomic E-state index is 11.8. The summed E-state index contributed by atoms with van der Waals surface area (Å²) >= 11 is 5.93. The molecule has 5 heteroatoms.